The van der Waals surface area contributed by atoms with Crippen LogP contribution >= 0.6 is 0 Å². The molecular formula is C34H37FN2O3. The molecule has 40 heavy (non-hydrogen) atoms. The molecule has 0 fully saturated rings. The number of aromatic nitrogens is 1. The number of aliphatic hydroxyl groups excluding tert-OH is 2. The van der Waals surface area contributed by atoms with E-state index in [1.165, 1.54) is 12.1 Å². The minimum absolute atomic E-state index is 0.00800. The predicted molar refractivity (Wildman–Crippen MR) is 160 cm³/mol. The highest BCUT2D eigenvalue weighted by atomic mass is 19.1. The fourth-order valence-electron chi connectivity index (χ4n) is 5.24. The second-order valence-corrected chi connectivity index (χ2v) is 10.4. The number of aliphatic hydroxyl groups is 2. The maximum absolute atomic E-state index is 14.0. The molecule has 4 aromatic rings. The van der Waals surface area contributed by atoms with Crippen molar-refractivity contribution in [2.75, 3.05) is 5.32 Å². The zero-order valence-corrected chi connectivity index (χ0v) is 23.1. The summed E-state index contributed by atoms with van der Waals surface area (Å²) in [6, 6.07) is 26.4. The van der Waals surface area contributed by atoms with Crippen LogP contribution in [0.1, 0.15) is 50.3 Å². The van der Waals surface area contributed by atoms with Crippen molar-refractivity contribution in [3.63, 3.8) is 0 Å². The van der Waals surface area contributed by atoms with Gasteiger partial charge in [0.05, 0.1) is 17.9 Å². The van der Waals surface area contributed by atoms with Crippen molar-refractivity contribution in [2.24, 2.45) is 0 Å². The number of rotatable bonds is 13. The second-order valence-electron chi connectivity index (χ2n) is 10.4. The standard InChI is InChI=1S/C34H37FN2O3/c1-23(2)33-31(24(3)36-28-12-8-5-9-13-28)32(25-10-6-4-7-11-25)34(26-14-16-27(35)17-15-26)37(33)20-18-29(39)22-30(40)19-21-38/h4-17,21,23,29-30,36,39-40H,3,18-20,22H2,1-2H3/t29-,30+/m1/s1. The molecule has 0 saturated heterocycles. The van der Waals surface area contributed by atoms with Crippen LogP contribution in [0.2, 0.25) is 0 Å². The number of carbonyl (C=O) groups is 1. The van der Waals surface area contributed by atoms with E-state index in [4.69, 9.17) is 0 Å². The quantitative estimate of drug-likeness (QED) is 0.156. The van der Waals surface area contributed by atoms with E-state index in [0.29, 0.717) is 19.3 Å². The molecule has 0 aliphatic heterocycles. The average molecular weight is 541 g/mol. The summed E-state index contributed by atoms with van der Waals surface area (Å²) in [6.45, 7) is 9.17. The molecule has 0 aliphatic carbocycles. The van der Waals surface area contributed by atoms with E-state index in [9.17, 15) is 19.4 Å². The Morgan fingerprint density at radius 3 is 2.15 bits per heavy atom. The zero-order valence-electron chi connectivity index (χ0n) is 23.1. The summed E-state index contributed by atoms with van der Waals surface area (Å²) in [5.74, 6) is -0.235. The molecule has 0 amide bonds. The maximum Gasteiger partial charge on any atom is 0.123 e. The highest BCUT2D eigenvalue weighted by molar-refractivity contribution is 5.95. The molecule has 1 aromatic heterocycles. The molecule has 1 heterocycles. The molecule has 0 radical (unpaired) electrons. The summed E-state index contributed by atoms with van der Waals surface area (Å²) in [5.41, 5.74) is 7.36. The van der Waals surface area contributed by atoms with Gasteiger partial charge in [-0.3, -0.25) is 0 Å². The van der Waals surface area contributed by atoms with E-state index >= 15 is 0 Å². The zero-order chi connectivity index (χ0) is 28.6. The van der Waals surface area contributed by atoms with Gasteiger partial charge >= 0.3 is 0 Å². The van der Waals surface area contributed by atoms with Crippen LogP contribution in [0.25, 0.3) is 28.1 Å². The van der Waals surface area contributed by atoms with E-state index < -0.39 is 12.2 Å². The third kappa shape index (κ3) is 6.76. The lowest BCUT2D eigenvalue weighted by Gasteiger charge is -2.20. The number of anilines is 1. The highest BCUT2D eigenvalue weighted by Crippen LogP contribution is 2.45. The average Bonchev–Trinajstić information content (AvgIpc) is 3.29. The Hall–Kier alpha value is -4.00. The predicted octanol–water partition coefficient (Wildman–Crippen LogP) is 7.26. The van der Waals surface area contributed by atoms with E-state index in [0.717, 1.165) is 45.0 Å². The van der Waals surface area contributed by atoms with Crippen molar-refractivity contribution < 1.29 is 19.4 Å². The van der Waals surface area contributed by atoms with Gasteiger partial charge in [-0.2, -0.15) is 0 Å². The molecule has 3 N–H and O–H groups in total. The molecule has 0 spiro atoms. The van der Waals surface area contributed by atoms with Gasteiger partial charge in [0, 0.05) is 41.2 Å². The normalized spacial score (nSPS) is 12.8. The number of nitrogens with one attached hydrogen (secondary N) is 1. The van der Waals surface area contributed by atoms with E-state index in [2.05, 4.69) is 42.4 Å². The molecule has 2 atom stereocenters. The molecule has 5 nitrogen and oxygen atoms in total. The first-order chi connectivity index (χ1) is 19.3. The molecule has 4 rings (SSSR count). The van der Waals surface area contributed by atoms with Gasteiger partial charge < -0.3 is 24.9 Å². The Morgan fingerprint density at radius 2 is 1.55 bits per heavy atom. The Labute approximate surface area is 235 Å². The van der Waals surface area contributed by atoms with E-state index in [1.807, 2.05) is 48.5 Å². The van der Waals surface area contributed by atoms with Crippen LogP contribution in [0.4, 0.5) is 10.1 Å². The number of carbonyl (C=O) groups excluding carboxylic acids is 1. The van der Waals surface area contributed by atoms with Crippen LogP contribution in [0.5, 0.6) is 0 Å². The van der Waals surface area contributed by atoms with Crippen molar-refractivity contribution in [1.29, 1.82) is 0 Å². The summed E-state index contributed by atoms with van der Waals surface area (Å²) < 4.78 is 16.2. The van der Waals surface area contributed by atoms with Gasteiger partial charge in [0.1, 0.15) is 12.1 Å². The topological polar surface area (TPSA) is 74.5 Å². The smallest absolute Gasteiger partial charge is 0.123 e. The van der Waals surface area contributed by atoms with Crippen molar-refractivity contribution in [3.8, 4) is 22.4 Å². The molecule has 0 bridgehead atoms. The van der Waals surface area contributed by atoms with Gasteiger partial charge in [-0.25, -0.2) is 4.39 Å². The highest BCUT2D eigenvalue weighted by Gasteiger charge is 2.28. The van der Waals surface area contributed by atoms with Gasteiger partial charge in [0.15, 0.2) is 0 Å². The van der Waals surface area contributed by atoms with Crippen molar-refractivity contribution in [3.05, 3.63) is 109 Å². The van der Waals surface area contributed by atoms with Gasteiger partial charge in [0.25, 0.3) is 0 Å². The summed E-state index contributed by atoms with van der Waals surface area (Å²) in [7, 11) is 0. The van der Waals surface area contributed by atoms with Crippen LogP contribution in [-0.2, 0) is 11.3 Å². The lowest BCUT2D eigenvalue weighted by Crippen LogP contribution is -2.20. The maximum atomic E-state index is 14.0. The minimum atomic E-state index is -0.886. The molecule has 3 aromatic carbocycles. The van der Waals surface area contributed by atoms with Crippen LogP contribution in [0.3, 0.4) is 0 Å². The molecule has 0 saturated carbocycles. The fourth-order valence-corrected chi connectivity index (χ4v) is 5.24. The number of nitrogens with zero attached hydrogens (tertiary/aromatic N) is 1. The first kappa shape index (κ1) is 29.0. The molecule has 208 valence electrons. The third-order valence-corrected chi connectivity index (χ3v) is 7.00. The van der Waals surface area contributed by atoms with Crippen LogP contribution in [0, 0.1) is 5.82 Å². The number of para-hydroxylation sites is 1. The first-order valence-electron chi connectivity index (χ1n) is 13.7. The van der Waals surface area contributed by atoms with Crippen molar-refractivity contribution >= 4 is 17.7 Å². The molecule has 0 aliphatic rings. The minimum Gasteiger partial charge on any atom is -0.393 e. The summed E-state index contributed by atoms with van der Waals surface area (Å²) in [4.78, 5) is 10.8. The van der Waals surface area contributed by atoms with Crippen molar-refractivity contribution in [2.45, 2.75) is 57.8 Å². The largest absolute Gasteiger partial charge is 0.393 e. The Morgan fingerprint density at radius 1 is 0.925 bits per heavy atom. The van der Waals surface area contributed by atoms with Gasteiger partial charge in [-0.05, 0) is 66.3 Å². The summed E-state index contributed by atoms with van der Waals surface area (Å²) in [5, 5.41) is 24.3. The molecular weight excluding hydrogens is 503 g/mol. The van der Waals surface area contributed by atoms with Gasteiger partial charge in [-0.1, -0.05) is 69.0 Å². The Balaban J connectivity index is 1.92. The summed E-state index contributed by atoms with van der Waals surface area (Å²) in [6.07, 6.45) is -0.548. The van der Waals surface area contributed by atoms with Gasteiger partial charge in [-0.15, -0.1) is 0 Å². The summed E-state index contributed by atoms with van der Waals surface area (Å²) >= 11 is 0. The first-order valence-corrected chi connectivity index (χ1v) is 13.7. The van der Waals surface area contributed by atoms with Crippen LogP contribution < -0.4 is 5.32 Å². The lowest BCUT2D eigenvalue weighted by molar-refractivity contribution is -0.109. The number of aldehydes is 1. The third-order valence-electron chi connectivity index (χ3n) is 7.00. The second kappa shape index (κ2) is 13.4. The molecule has 6 heteroatoms. The number of hydrogen-bond donors (Lipinski definition) is 3. The van der Waals surface area contributed by atoms with Crippen LogP contribution in [0.15, 0.2) is 91.5 Å². The Bertz CT molecular complexity index is 1410. The lowest BCUT2D eigenvalue weighted by atomic mass is 9.93. The number of benzene rings is 3. The van der Waals surface area contributed by atoms with Crippen molar-refractivity contribution in [1.82, 2.24) is 4.57 Å². The number of hydrogen-bond acceptors (Lipinski definition) is 4. The van der Waals surface area contributed by atoms with Crippen LogP contribution in [-0.4, -0.2) is 33.3 Å². The SMILES string of the molecule is C=C(Nc1ccccc1)c1c(-c2ccccc2)c(-c2ccc(F)cc2)n(CC[C@@H](O)C[C@@H](O)CC=O)c1C(C)C. The number of halogens is 1. The van der Waals surface area contributed by atoms with Gasteiger partial charge in [0.2, 0.25) is 0 Å². The Kier molecular flexibility index (Phi) is 9.70. The van der Waals surface area contributed by atoms with E-state index in [-0.39, 0.29) is 24.6 Å². The molecule has 0 unspecified atom stereocenters. The van der Waals surface area contributed by atoms with E-state index in [1.54, 1.807) is 12.1 Å². The monoisotopic (exact) mass is 540 g/mol. The fraction of sp³-hybridized carbons (Fsp3) is 0.265.